The molecular weight excluding hydrogens is 212 g/mol. The smallest absolute Gasteiger partial charge is 0.153 e. The van der Waals surface area contributed by atoms with E-state index in [1.54, 1.807) is 0 Å². The summed E-state index contributed by atoms with van der Waals surface area (Å²) in [6.45, 7) is 7.51. The third-order valence-corrected chi connectivity index (χ3v) is 4.65. The van der Waals surface area contributed by atoms with Gasteiger partial charge in [0.1, 0.15) is 0 Å². The highest BCUT2D eigenvalue weighted by Gasteiger charge is 2.28. The van der Waals surface area contributed by atoms with Crippen molar-refractivity contribution in [2.75, 3.05) is 24.6 Å². The molecule has 1 aliphatic rings. The average molecular weight is 234 g/mol. The molecule has 0 saturated carbocycles. The van der Waals surface area contributed by atoms with Gasteiger partial charge < -0.3 is 5.73 Å². The predicted octanol–water partition coefficient (Wildman–Crippen LogP) is 0.233. The molecule has 2 N–H and O–H groups in total. The molecule has 0 bridgehead atoms. The van der Waals surface area contributed by atoms with E-state index in [0.717, 1.165) is 13.0 Å². The van der Waals surface area contributed by atoms with Crippen LogP contribution in [0.15, 0.2) is 0 Å². The lowest BCUT2D eigenvalue weighted by molar-refractivity contribution is 0.208. The molecule has 1 aliphatic heterocycles. The predicted molar refractivity (Wildman–Crippen MR) is 62.6 cm³/mol. The molecule has 1 heterocycles. The van der Waals surface area contributed by atoms with Gasteiger partial charge in [-0.15, -0.1) is 0 Å². The zero-order chi connectivity index (χ0) is 11.7. The number of rotatable bonds is 3. The lowest BCUT2D eigenvalue weighted by Gasteiger charge is -2.34. The van der Waals surface area contributed by atoms with Gasteiger partial charge in [0.05, 0.1) is 11.5 Å². The first-order valence-corrected chi connectivity index (χ1v) is 7.25. The molecule has 1 unspecified atom stereocenters. The Morgan fingerprint density at radius 2 is 2.07 bits per heavy atom. The molecule has 0 aromatic carbocycles. The molecular formula is C10H22N2O2S. The zero-order valence-electron chi connectivity index (χ0n) is 9.86. The number of hydrogen-bond acceptors (Lipinski definition) is 4. The first-order valence-electron chi connectivity index (χ1n) is 5.43. The molecule has 5 heteroatoms. The maximum absolute atomic E-state index is 11.4. The van der Waals surface area contributed by atoms with E-state index in [-0.39, 0.29) is 17.3 Å². The van der Waals surface area contributed by atoms with Crippen molar-refractivity contribution in [2.24, 2.45) is 5.73 Å². The van der Waals surface area contributed by atoms with Crippen molar-refractivity contribution >= 4 is 9.84 Å². The summed E-state index contributed by atoms with van der Waals surface area (Å²) in [5.74, 6) is 0.584. The summed E-state index contributed by atoms with van der Waals surface area (Å²) in [5.41, 5.74) is 5.74. The Kier molecular flexibility index (Phi) is 3.79. The second-order valence-electron chi connectivity index (χ2n) is 5.24. The maximum atomic E-state index is 11.4. The highest BCUT2D eigenvalue weighted by Crippen LogP contribution is 2.14. The van der Waals surface area contributed by atoms with Gasteiger partial charge in [0.15, 0.2) is 9.84 Å². The van der Waals surface area contributed by atoms with Crippen molar-refractivity contribution in [3.8, 4) is 0 Å². The summed E-state index contributed by atoms with van der Waals surface area (Å²) in [7, 11) is -2.79. The number of nitrogens with zero attached hydrogens (tertiary/aromatic N) is 1. The van der Waals surface area contributed by atoms with Crippen LogP contribution in [0.2, 0.25) is 0 Å². The Labute approximate surface area is 92.7 Å². The summed E-state index contributed by atoms with van der Waals surface area (Å²) < 4.78 is 22.7. The summed E-state index contributed by atoms with van der Waals surface area (Å²) in [4.78, 5) is 2.22. The molecule has 1 fully saturated rings. The quantitative estimate of drug-likeness (QED) is 0.759. The highest BCUT2D eigenvalue weighted by atomic mass is 32.2. The fraction of sp³-hybridized carbons (Fsp3) is 1.00. The van der Waals surface area contributed by atoms with Crippen LogP contribution in [0.4, 0.5) is 0 Å². The Balaban J connectivity index is 2.46. The molecule has 0 amide bonds. The molecule has 0 aromatic heterocycles. The van der Waals surface area contributed by atoms with E-state index in [1.165, 1.54) is 0 Å². The van der Waals surface area contributed by atoms with E-state index < -0.39 is 9.84 Å². The minimum atomic E-state index is -2.79. The summed E-state index contributed by atoms with van der Waals surface area (Å²) in [6, 6.07) is 0.131. The van der Waals surface area contributed by atoms with E-state index in [4.69, 9.17) is 5.73 Å². The summed E-state index contributed by atoms with van der Waals surface area (Å²) in [6.07, 6.45) is 0.900. The molecule has 1 atom stereocenters. The van der Waals surface area contributed by atoms with Gasteiger partial charge in [-0.25, -0.2) is 8.42 Å². The minimum absolute atomic E-state index is 0.131. The fourth-order valence-electron chi connectivity index (χ4n) is 1.80. The first kappa shape index (κ1) is 12.9. The van der Waals surface area contributed by atoms with Gasteiger partial charge in [0.2, 0.25) is 0 Å². The maximum Gasteiger partial charge on any atom is 0.153 e. The van der Waals surface area contributed by atoms with Gasteiger partial charge in [-0.1, -0.05) is 0 Å². The van der Waals surface area contributed by atoms with E-state index >= 15 is 0 Å². The van der Waals surface area contributed by atoms with Crippen LogP contribution >= 0.6 is 0 Å². The molecule has 1 saturated heterocycles. The van der Waals surface area contributed by atoms with Crippen molar-refractivity contribution in [3.05, 3.63) is 0 Å². The first-order chi connectivity index (χ1) is 6.70. The third kappa shape index (κ3) is 4.49. The summed E-state index contributed by atoms with van der Waals surface area (Å²) in [5, 5.41) is 0. The molecule has 0 spiro atoms. The number of sulfone groups is 1. The normalized spacial score (nSPS) is 27.9. The van der Waals surface area contributed by atoms with Gasteiger partial charge in [-0.2, -0.15) is 0 Å². The van der Waals surface area contributed by atoms with Crippen LogP contribution in [-0.2, 0) is 9.84 Å². The molecule has 1 rings (SSSR count). The lowest BCUT2D eigenvalue weighted by Crippen LogP contribution is -2.49. The molecule has 0 radical (unpaired) electrons. The fourth-order valence-corrected chi connectivity index (χ4v) is 3.42. The molecule has 4 nitrogen and oxygen atoms in total. The van der Waals surface area contributed by atoms with Gasteiger partial charge in [0, 0.05) is 24.7 Å². The van der Waals surface area contributed by atoms with Gasteiger partial charge >= 0.3 is 0 Å². The van der Waals surface area contributed by atoms with E-state index in [0.29, 0.717) is 12.3 Å². The Morgan fingerprint density at radius 3 is 2.53 bits per heavy atom. The van der Waals surface area contributed by atoms with Crippen molar-refractivity contribution in [2.45, 2.75) is 38.8 Å². The topological polar surface area (TPSA) is 63.4 Å². The average Bonchev–Trinajstić information content (AvgIpc) is 1.99. The van der Waals surface area contributed by atoms with Crippen LogP contribution in [0.3, 0.4) is 0 Å². The largest absolute Gasteiger partial charge is 0.326 e. The van der Waals surface area contributed by atoms with Gasteiger partial charge in [0.25, 0.3) is 0 Å². The van der Waals surface area contributed by atoms with E-state index in [2.05, 4.69) is 4.90 Å². The molecule has 15 heavy (non-hydrogen) atoms. The van der Waals surface area contributed by atoms with E-state index in [9.17, 15) is 8.42 Å². The monoisotopic (exact) mass is 234 g/mol. The van der Waals surface area contributed by atoms with Crippen LogP contribution in [0.25, 0.3) is 0 Å². The standard InChI is InChI=1S/C10H22N2O2S/c1-9-8-15(13,14)7-6-12(9)5-4-10(2,3)11/h9H,4-8,11H2,1-3H3. The van der Waals surface area contributed by atoms with Crippen LogP contribution in [0.1, 0.15) is 27.2 Å². The second kappa shape index (κ2) is 4.39. The Morgan fingerprint density at radius 1 is 1.47 bits per heavy atom. The molecule has 0 aromatic rings. The lowest BCUT2D eigenvalue weighted by atomic mass is 10.0. The summed E-state index contributed by atoms with van der Waals surface area (Å²) >= 11 is 0. The van der Waals surface area contributed by atoms with Crippen LogP contribution < -0.4 is 5.73 Å². The molecule has 0 aliphatic carbocycles. The van der Waals surface area contributed by atoms with Crippen LogP contribution in [0, 0.1) is 0 Å². The number of hydrogen-bond donors (Lipinski definition) is 1. The SMILES string of the molecule is CC1CS(=O)(=O)CCN1CCC(C)(C)N. The third-order valence-electron chi connectivity index (χ3n) is 2.85. The molecule has 90 valence electrons. The zero-order valence-corrected chi connectivity index (χ0v) is 10.7. The van der Waals surface area contributed by atoms with Gasteiger partial charge in [-0.3, -0.25) is 4.90 Å². The second-order valence-corrected chi connectivity index (χ2v) is 7.47. The van der Waals surface area contributed by atoms with Crippen LogP contribution in [-0.4, -0.2) is 49.5 Å². The van der Waals surface area contributed by atoms with Gasteiger partial charge in [-0.05, 0) is 27.2 Å². The highest BCUT2D eigenvalue weighted by molar-refractivity contribution is 7.91. The van der Waals surface area contributed by atoms with Crippen molar-refractivity contribution < 1.29 is 8.42 Å². The minimum Gasteiger partial charge on any atom is -0.326 e. The van der Waals surface area contributed by atoms with Crippen molar-refractivity contribution in [1.29, 1.82) is 0 Å². The Bertz CT molecular complexity index is 306. The van der Waals surface area contributed by atoms with E-state index in [1.807, 2.05) is 20.8 Å². The Hall–Kier alpha value is -0.130. The number of nitrogens with two attached hydrogens (primary N) is 1. The van der Waals surface area contributed by atoms with Crippen molar-refractivity contribution in [1.82, 2.24) is 4.90 Å². The van der Waals surface area contributed by atoms with Crippen molar-refractivity contribution in [3.63, 3.8) is 0 Å². The van der Waals surface area contributed by atoms with Crippen LogP contribution in [0.5, 0.6) is 0 Å².